The third kappa shape index (κ3) is 2.13. The first kappa shape index (κ1) is 10.3. The third-order valence-corrected chi connectivity index (χ3v) is 2.15. The van der Waals surface area contributed by atoms with Crippen molar-refractivity contribution in [3.63, 3.8) is 0 Å². The zero-order valence-electron chi connectivity index (χ0n) is 6.60. The summed E-state index contributed by atoms with van der Waals surface area (Å²) in [5, 5.41) is 0. The van der Waals surface area contributed by atoms with E-state index in [1.54, 1.807) is 0 Å². The molecule has 0 spiro atoms. The van der Waals surface area contributed by atoms with Gasteiger partial charge < -0.3 is 11.5 Å². The maximum atomic E-state index is 12.4. The molecule has 4 N–H and O–H groups in total. The normalized spacial score (nSPS) is 10.8. The molecule has 1 rings (SSSR count). The van der Waals surface area contributed by atoms with Crippen LogP contribution in [0, 0.1) is 0 Å². The number of hydrogen-bond acceptors (Lipinski definition) is 3. The Labute approximate surface area is 82.3 Å². The van der Waals surface area contributed by atoms with E-state index in [9.17, 15) is 8.78 Å². The number of rotatable bonds is 2. The molecule has 0 saturated carbocycles. The fraction of sp³-hybridized carbons (Fsp3) is 0.286. The van der Waals surface area contributed by atoms with Gasteiger partial charge in [-0.1, -0.05) is 0 Å². The van der Waals surface area contributed by atoms with Gasteiger partial charge in [0.05, 0.1) is 11.4 Å². The highest BCUT2D eigenvalue weighted by atomic mass is 79.9. The molecule has 0 fully saturated rings. The van der Waals surface area contributed by atoms with Gasteiger partial charge >= 0.3 is 0 Å². The van der Waals surface area contributed by atoms with Crippen molar-refractivity contribution < 1.29 is 8.78 Å². The van der Waals surface area contributed by atoms with Gasteiger partial charge in [-0.15, -0.1) is 0 Å². The Balaban J connectivity index is 3.25. The van der Waals surface area contributed by atoms with E-state index in [1.807, 2.05) is 0 Å². The van der Waals surface area contributed by atoms with Gasteiger partial charge in [0.1, 0.15) is 4.60 Å². The van der Waals surface area contributed by atoms with Crippen molar-refractivity contribution in [1.29, 1.82) is 0 Å². The van der Waals surface area contributed by atoms with Crippen LogP contribution in [0.2, 0.25) is 0 Å². The van der Waals surface area contributed by atoms with E-state index in [0.29, 0.717) is 5.69 Å². The molecule has 1 heterocycles. The summed E-state index contributed by atoms with van der Waals surface area (Å²) in [7, 11) is 0. The van der Waals surface area contributed by atoms with Gasteiger partial charge in [-0.25, -0.2) is 13.8 Å². The summed E-state index contributed by atoms with van der Waals surface area (Å²) < 4.78 is 24.9. The fourth-order valence-electron chi connectivity index (χ4n) is 0.880. The number of pyridine rings is 1. The lowest BCUT2D eigenvalue weighted by molar-refractivity contribution is 0.152. The first-order valence-electron chi connectivity index (χ1n) is 3.49. The van der Waals surface area contributed by atoms with Crippen LogP contribution in [0.1, 0.15) is 17.7 Å². The van der Waals surface area contributed by atoms with E-state index in [4.69, 9.17) is 11.5 Å². The van der Waals surface area contributed by atoms with Crippen LogP contribution >= 0.6 is 15.9 Å². The topological polar surface area (TPSA) is 64.9 Å². The summed E-state index contributed by atoms with van der Waals surface area (Å²) in [5.74, 6) is 0. The zero-order valence-corrected chi connectivity index (χ0v) is 8.18. The lowest BCUT2D eigenvalue weighted by Crippen LogP contribution is -2.05. The highest BCUT2D eigenvalue weighted by Gasteiger charge is 2.15. The van der Waals surface area contributed by atoms with Crippen LogP contribution < -0.4 is 11.5 Å². The molecule has 72 valence electrons. The first-order valence-corrected chi connectivity index (χ1v) is 4.28. The summed E-state index contributed by atoms with van der Waals surface area (Å²) in [6, 6.07) is 1.21. The molecule has 6 heteroatoms. The van der Waals surface area contributed by atoms with E-state index in [-0.39, 0.29) is 22.4 Å². The van der Waals surface area contributed by atoms with Crippen LogP contribution in [0.25, 0.3) is 0 Å². The molecule has 0 amide bonds. The number of nitrogens with zero attached hydrogens (tertiary/aromatic N) is 1. The van der Waals surface area contributed by atoms with Gasteiger partial charge in [-0.05, 0) is 22.0 Å². The molecule has 0 aromatic carbocycles. The molecule has 0 unspecified atom stereocenters. The van der Waals surface area contributed by atoms with Crippen LogP contribution in [0.15, 0.2) is 10.7 Å². The van der Waals surface area contributed by atoms with Crippen LogP contribution in [-0.2, 0) is 6.54 Å². The number of aromatic nitrogens is 1. The molecule has 1 aromatic rings. The quantitative estimate of drug-likeness (QED) is 0.789. The number of alkyl halides is 2. The molecule has 0 aliphatic heterocycles. The Kier molecular flexibility index (Phi) is 3.16. The molecular weight excluding hydrogens is 244 g/mol. The predicted octanol–water partition coefficient (Wildman–Crippen LogP) is 1.82. The summed E-state index contributed by atoms with van der Waals surface area (Å²) in [5.41, 5.74) is 10.8. The number of halogens is 3. The van der Waals surface area contributed by atoms with Crippen LogP contribution in [0.4, 0.5) is 14.5 Å². The van der Waals surface area contributed by atoms with E-state index >= 15 is 0 Å². The molecule has 0 aliphatic rings. The van der Waals surface area contributed by atoms with E-state index in [0.717, 1.165) is 0 Å². The van der Waals surface area contributed by atoms with Crippen LogP contribution in [0.3, 0.4) is 0 Å². The molecule has 0 bridgehead atoms. The van der Waals surface area contributed by atoms with Crippen LogP contribution in [-0.4, -0.2) is 4.98 Å². The SMILES string of the molecule is NCc1cc(C(F)F)c(N)c(Br)n1. The first-order chi connectivity index (χ1) is 6.06. The molecule has 0 atom stereocenters. The summed E-state index contributed by atoms with van der Waals surface area (Å²) in [4.78, 5) is 3.87. The van der Waals surface area contributed by atoms with Crippen molar-refractivity contribution in [3.05, 3.63) is 21.9 Å². The van der Waals surface area contributed by atoms with E-state index in [2.05, 4.69) is 20.9 Å². The van der Waals surface area contributed by atoms with Gasteiger partial charge in [0.2, 0.25) is 0 Å². The molecule has 0 saturated heterocycles. The van der Waals surface area contributed by atoms with Crippen molar-refractivity contribution in [1.82, 2.24) is 4.98 Å². The highest BCUT2D eigenvalue weighted by molar-refractivity contribution is 9.10. The van der Waals surface area contributed by atoms with Gasteiger partial charge in [0, 0.05) is 12.1 Å². The summed E-state index contributed by atoms with van der Waals surface area (Å²) >= 11 is 2.98. The molecule has 3 nitrogen and oxygen atoms in total. The van der Waals surface area contributed by atoms with Crippen molar-refractivity contribution in [2.75, 3.05) is 5.73 Å². The Morgan fingerprint density at radius 2 is 2.15 bits per heavy atom. The average Bonchev–Trinajstić information content (AvgIpc) is 2.09. The van der Waals surface area contributed by atoms with Crippen molar-refractivity contribution in [2.45, 2.75) is 13.0 Å². The Morgan fingerprint density at radius 3 is 2.62 bits per heavy atom. The van der Waals surface area contributed by atoms with Gasteiger partial charge in [-0.3, -0.25) is 0 Å². The highest BCUT2D eigenvalue weighted by Crippen LogP contribution is 2.30. The Bertz CT molecular complexity index is 317. The number of nitrogens with two attached hydrogens (primary N) is 2. The van der Waals surface area contributed by atoms with Crippen molar-refractivity contribution in [2.24, 2.45) is 5.73 Å². The van der Waals surface area contributed by atoms with Gasteiger partial charge in [0.25, 0.3) is 6.43 Å². The smallest absolute Gasteiger partial charge is 0.265 e. The Morgan fingerprint density at radius 1 is 1.54 bits per heavy atom. The predicted molar refractivity (Wildman–Crippen MR) is 49.2 cm³/mol. The lowest BCUT2D eigenvalue weighted by atomic mass is 10.2. The van der Waals surface area contributed by atoms with Crippen molar-refractivity contribution in [3.8, 4) is 0 Å². The summed E-state index contributed by atoms with van der Waals surface area (Å²) in [6.45, 7) is 0.110. The second-order valence-electron chi connectivity index (χ2n) is 2.41. The number of nitrogen functional groups attached to an aromatic ring is 1. The minimum Gasteiger partial charge on any atom is -0.396 e. The zero-order chi connectivity index (χ0) is 10.0. The molecule has 1 aromatic heterocycles. The largest absolute Gasteiger partial charge is 0.396 e. The van der Waals surface area contributed by atoms with Gasteiger partial charge in [-0.2, -0.15) is 0 Å². The standard InChI is InChI=1S/C7H8BrF2N3/c8-6-5(12)4(7(9)10)1-3(2-11)13-6/h1,7H,2,11-12H2. The average molecular weight is 252 g/mol. The maximum Gasteiger partial charge on any atom is 0.265 e. The second-order valence-corrected chi connectivity index (χ2v) is 3.16. The second kappa shape index (κ2) is 3.97. The number of anilines is 1. The Hall–Kier alpha value is -0.750. The van der Waals surface area contributed by atoms with Gasteiger partial charge in [0.15, 0.2) is 0 Å². The van der Waals surface area contributed by atoms with Crippen LogP contribution in [0.5, 0.6) is 0 Å². The molecule has 0 aliphatic carbocycles. The third-order valence-electron chi connectivity index (χ3n) is 1.54. The lowest BCUT2D eigenvalue weighted by Gasteiger charge is -2.07. The summed E-state index contributed by atoms with van der Waals surface area (Å²) in [6.07, 6.45) is -2.61. The fourth-order valence-corrected chi connectivity index (χ4v) is 1.34. The minimum absolute atomic E-state index is 0.0350. The molecule has 0 radical (unpaired) electrons. The van der Waals surface area contributed by atoms with Crippen molar-refractivity contribution >= 4 is 21.6 Å². The monoisotopic (exact) mass is 251 g/mol. The molecule has 13 heavy (non-hydrogen) atoms. The van der Waals surface area contributed by atoms with E-state index in [1.165, 1.54) is 6.07 Å². The minimum atomic E-state index is -2.61. The molecular formula is C7H8BrF2N3. The maximum absolute atomic E-state index is 12.4. The van der Waals surface area contributed by atoms with E-state index < -0.39 is 6.43 Å². The number of hydrogen-bond donors (Lipinski definition) is 2.